The standard InChI is InChI=1S/C56H34N2O3/c1-3-11-39(12-4-1)57(43-23-25-53-49(33-43)45-15-7-9-17-51(45)59-53)41-21-19-35-31-55-47(29-37(35)27-41)48-30-38-28-42(22-20-36(38)32-56(48)61-55)58(40-13-5-2-6-14-40)44-24-26-54-50(34-44)46-16-8-10-18-52(46)60-54/h1-34H. The lowest BCUT2D eigenvalue weighted by atomic mass is 10.0. The number of anilines is 6. The molecule has 0 aliphatic rings. The number of furan rings is 3. The number of fused-ring (bicyclic) bond motifs is 11. The predicted molar refractivity (Wildman–Crippen MR) is 253 cm³/mol. The van der Waals surface area contributed by atoms with E-state index in [1.54, 1.807) is 0 Å². The van der Waals surface area contributed by atoms with E-state index in [1.807, 2.05) is 24.3 Å². The van der Waals surface area contributed by atoms with Crippen LogP contribution >= 0.6 is 0 Å². The Balaban J connectivity index is 0.945. The maximum atomic E-state index is 6.60. The Kier molecular flexibility index (Phi) is 7.24. The van der Waals surface area contributed by atoms with Gasteiger partial charge in [0.15, 0.2) is 0 Å². The van der Waals surface area contributed by atoms with Gasteiger partial charge in [-0.2, -0.15) is 0 Å². The van der Waals surface area contributed by atoms with Gasteiger partial charge in [0.25, 0.3) is 0 Å². The first-order chi connectivity index (χ1) is 30.2. The summed E-state index contributed by atoms with van der Waals surface area (Å²) >= 11 is 0. The van der Waals surface area contributed by atoms with Crippen LogP contribution in [0.3, 0.4) is 0 Å². The molecule has 10 aromatic carbocycles. The van der Waals surface area contributed by atoms with E-state index in [9.17, 15) is 0 Å². The maximum Gasteiger partial charge on any atom is 0.136 e. The number of rotatable bonds is 6. The Morgan fingerprint density at radius 3 is 1.05 bits per heavy atom. The lowest BCUT2D eigenvalue weighted by molar-refractivity contribution is 0.668. The second-order valence-corrected chi connectivity index (χ2v) is 15.8. The van der Waals surface area contributed by atoms with Gasteiger partial charge in [0.05, 0.1) is 0 Å². The Bertz CT molecular complexity index is 3590. The van der Waals surface area contributed by atoms with Gasteiger partial charge < -0.3 is 23.1 Å². The van der Waals surface area contributed by atoms with E-state index >= 15 is 0 Å². The molecule has 0 saturated carbocycles. The van der Waals surface area contributed by atoms with E-state index in [4.69, 9.17) is 13.3 Å². The van der Waals surface area contributed by atoms with Crippen molar-refractivity contribution >= 4 is 121 Å². The van der Waals surface area contributed by atoms with Crippen LogP contribution in [0.1, 0.15) is 0 Å². The first-order valence-corrected chi connectivity index (χ1v) is 20.6. The minimum absolute atomic E-state index is 0.870. The average molecular weight is 783 g/mol. The molecule has 13 rings (SSSR count). The number of para-hydroxylation sites is 4. The van der Waals surface area contributed by atoms with Gasteiger partial charge in [-0.3, -0.25) is 0 Å². The molecule has 0 amide bonds. The Hall–Kier alpha value is -8.28. The molecule has 0 fully saturated rings. The second-order valence-electron chi connectivity index (χ2n) is 15.8. The third-order valence-electron chi connectivity index (χ3n) is 12.1. The molecular formula is C56H34N2O3. The van der Waals surface area contributed by atoms with Crippen molar-refractivity contribution in [3.8, 4) is 0 Å². The Morgan fingerprint density at radius 1 is 0.213 bits per heavy atom. The lowest BCUT2D eigenvalue weighted by Crippen LogP contribution is -2.09. The molecule has 5 nitrogen and oxygen atoms in total. The fraction of sp³-hybridized carbons (Fsp3) is 0. The van der Waals surface area contributed by atoms with Crippen LogP contribution in [-0.4, -0.2) is 0 Å². The first kappa shape index (κ1) is 33.7. The van der Waals surface area contributed by atoms with Gasteiger partial charge in [-0.1, -0.05) is 84.9 Å². The molecule has 0 unspecified atom stereocenters. The number of nitrogens with zero attached hydrogens (tertiary/aromatic N) is 2. The van der Waals surface area contributed by atoms with Crippen LogP contribution in [0.25, 0.3) is 87.4 Å². The normalized spacial score (nSPS) is 11.9. The van der Waals surface area contributed by atoms with Crippen LogP contribution in [0.2, 0.25) is 0 Å². The van der Waals surface area contributed by atoms with E-state index in [0.717, 1.165) is 121 Å². The van der Waals surface area contributed by atoms with E-state index in [1.165, 1.54) is 0 Å². The molecule has 0 aliphatic carbocycles. The van der Waals surface area contributed by atoms with Crippen LogP contribution < -0.4 is 9.80 Å². The second kappa shape index (κ2) is 13.1. The SMILES string of the molecule is c1ccc(N(c2ccc3cc4oc5cc6ccc(N(c7ccccc7)c7ccc8oc9ccccc9c8c7)cc6cc5c4cc3c2)c2ccc3oc4ccccc4c3c2)cc1. The summed E-state index contributed by atoms with van der Waals surface area (Å²) in [7, 11) is 0. The van der Waals surface area contributed by atoms with Crippen molar-refractivity contribution in [3.05, 3.63) is 206 Å². The average Bonchev–Trinajstić information content (AvgIpc) is 3.99. The first-order valence-electron chi connectivity index (χ1n) is 20.6. The molecule has 61 heavy (non-hydrogen) atoms. The molecule has 0 N–H and O–H groups in total. The van der Waals surface area contributed by atoms with Crippen molar-refractivity contribution in [1.82, 2.24) is 0 Å². The quantitative estimate of drug-likeness (QED) is 0.168. The van der Waals surface area contributed by atoms with Crippen molar-refractivity contribution in [1.29, 1.82) is 0 Å². The van der Waals surface area contributed by atoms with Crippen LogP contribution in [0.15, 0.2) is 220 Å². The molecule has 13 aromatic rings. The van der Waals surface area contributed by atoms with Crippen LogP contribution in [-0.2, 0) is 0 Å². The molecule has 0 saturated heterocycles. The predicted octanol–water partition coefficient (Wildman–Crippen LogP) is 16.6. The summed E-state index contributed by atoms with van der Waals surface area (Å²) in [5, 5.41) is 11.1. The largest absolute Gasteiger partial charge is 0.456 e. The van der Waals surface area contributed by atoms with E-state index in [0.29, 0.717) is 0 Å². The van der Waals surface area contributed by atoms with E-state index in [2.05, 4.69) is 192 Å². The summed E-state index contributed by atoms with van der Waals surface area (Å²) in [6.45, 7) is 0. The zero-order valence-corrected chi connectivity index (χ0v) is 32.7. The van der Waals surface area contributed by atoms with Gasteiger partial charge in [0, 0.05) is 66.4 Å². The van der Waals surface area contributed by atoms with Gasteiger partial charge in [-0.25, -0.2) is 0 Å². The Labute approximate surface area is 349 Å². The molecule has 286 valence electrons. The lowest BCUT2D eigenvalue weighted by Gasteiger charge is -2.26. The topological polar surface area (TPSA) is 45.9 Å². The van der Waals surface area contributed by atoms with Crippen molar-refractivity contribution < 1.29 is 13.3 Å². The molecule has 0 bridgehead atoms. The molecular weight excluding hydrogens is 749 g/mol. The number of benzene rings is 10. The molecule has 3 heterocycles. The van der Waals surface area contributed by atoms with E-state index < -0.39 is 0 Å². The van der Waals surface area contributed by atoms with Crippen LogP contribution in [0, 0.1) is 0 Å². The van der Waals surface area contributed by atoms with Crippen molar-refractivity contribution in [2.45, 2.75) is 0 Å². The highest BCUT2D eigenvalue weighted by Crippen LogP contribution is 2.43. The molecule has 0 atom stereocenters. The molecule has 5 heteroatoms. The maximum absolute atomic E-state index is 6.60. The summed E-state index contributed by atoms with van der Waals surface area (Å²) in [4.78, 5) is 4.64. The summed E-state index contributed by atoms with van der Waals surface area (Å²) in [5.74, 6) is 0. The van der Waals surface area contributed by atoms with Gasteiger partial charge in [-0.05, 0) is 143 Å². The van der Waals surface area contributed by atoms with Crippen molar-refractivity contribution in [3.63, 3.8) is 0 Å². The highest BCUT2D eigenvalue weighted by molar-refractivity contribution is 6.14. The highest BCUT2D eigenvalue weighted by Gasteiger charge is 2.19. The summed E-state index contributed by atoms with van der Waals surface area (Å²) in [6.07, 6.45) is 0. The van der Waals surface area contributed by atoms with Crippen LogP contribution in [0.4, 0.5) is 34.1 Å². The highest BCUT2D eigenvalue weighted by atomic mass is 16.3. The number of hydrogen-bond donors (Lipinski definition) is 0. The summed E-state index contributed by atoms with van der Waals surface area (Å²) in [5.41, 5.74) is 11.7. The molecule has 0 spiro atoms. The smallest absolute Gasteiger partial charge is 0.136 e. The monoisotopic (exact) mass is 782 g/mol. The molecule has 0 aliphatic heterocycles. The molecule has 0 radical (unpaired) electrons. The van der Waals surface area contributed by atoms with E-state index in [-0.39, 0.29) is 0 Å². The van der Waals surface area contributed by atoms with Crippen molar-refractivity contribution in [2.75, 3.05) is 9.80 Å². The zero-order chi connectivity index (χ0) is 40.0. The zero-order valence-electron chi connectivity index (χ0n) is 32.7. The minimum Gasteiger partial charge on any atom is -0.456 e. The summed E-state index contributed by atoms with van der Waals surface area (Å²) in [6, 6.07) is 72.8. The fourth-order valence-corrected chi connectivity index (χ4v) is 9.27. The van der Waals surface area contributed by atoms with Gasteiger partial charge in [0.1, 0.15) is 33.5 Å². The van der Waals surface area contributed by atoms with Crippen molar-refractivity contribution in [2.24, 2.45) is 0 Å². The Morgan fingerprint density at radius 2 is 0.574 bits per heavy atom. The summed E-state index contributed by atoms with van der Waals surface area (Å²) < 4.78 is 19.0. The van der Waals surface area contributed by atoms with Gasteiger partial charge >= 0.3 is 0 Å². The minimum atomic E-state index is 0.870. The van der Waals surface area contributed by atoms with Gasteiger partial charge in [-0.15, -0.1) is 0 Å². The van der Waals surface area contributed by atoms with Crippen LogP contribution in [0.5, 0.6) is 0 Å². The third-order valence-corrected chi connectivity index (χ3v) is 12.1. The number of hydrogen-bond acceptors (Lipinski definition) is 5. The fourth-order valence-electron chi connectivity index (χ4n) is 9.27. The third kappa shape index (κ3) is 5.41. The molecule has 3 aromatic heterocycles. The van der Waals surface area contributed by atoms with Gasteiger partial charge in [0.2, 0.25) is 0 Å².